The Balaban J connectivity index is 1.84. The van der Waals surface area contributed by atoms with Gasteiger partial charge in [-0.2, -0.15) is 0 Å². The van der Waals surface area contributed by atoms with Gasteiger partial charge in [0.15, 0.2) is 0 Å². The van der Waals surface area contributed by atoms with Crippen LogP contribution in [0.3, 0.4) is 0 Å². The minimum absolute atomic E-state index is 0.525. The molecule has 2 unspecified atom stereocenters. The fourth-order valence-electron chi connectivity index (χ4n) is 3.22. The molecular formula is C19H32N4. The molecular weight excluding hydrogens is 284 g/mol. The van der Waals surface area contributed by atoms with Gasteiger partial charge in [-0.15, -0.1) is 0 Å². The summed E-state index contributed by atoms with van der Waals surface area (Å²) in [7, 11) is 0. The van der Waals surface area contributed by atoms with Crippen molar-refractivity contribution in [2.45, 2.75) is 78.8 Å². The number of nitrogens with zero attached hydrogens (tertiary/aromatic N) is 4. The minimum Gasteiger partial charge on any atom is -0.335 e. The van der Waals surface area contributed by atoms with E-state index in [1.807, 2.05) is 12.4 Å². The van der Waals surface area contributed by atoms with Crippen LogP contribution in [0.15, 0.2) is 24.8 Å². The van der Waals surface area contributed by atoms with Crippen molar-refractivity contribution in [3.05, 3.63) is 36.4 Å². The molecule has 0 fully saturated rings. The lowest BCUT2D eigenvalue weighted by Gasteiger charge is -2.19. The Labute approximate surface area is 141 Å². The number of aromatic nitrogens is 4. The maximum Gasteiger partial charge on any atom is 0.108 e. The molecule has 0 amide bonds. The molecule has 2 heterocycles. The lowest BCUT2D eigenvalue weighted by molar-refractivity contribution is 0.404. The Morgan fingerprint density at radius 1 is 0.957 bits per heavy atom. The molecule has 0 aliphatic rings. The summed E-state index contributed by atoms with van der Waals surface area (Å²) in [5, 5.41) is 0. The van der Waals surface area contributed by atoms with Crippen molar-refractivity contribution >= 4 is 0 Å². The van der Waals surface area contributed by atoms with E-state index >= 15 is 0 Å². The maximum atomic E-state index is 4.54. The largest absolute Gasteiger partial charge is 0.335 e. The van der Waals surface area contributed by atoms with Crippen LogP contribution in [0, 0.1) is 5.92 Å². The Hall–Kier alpha value is -1.58. The molecule has 0 aliphatic carbocycles. The third-order valence-electron chi connectivity index (χ3n) is 4.57. The molecule has 2 rings (SSSR count). The van der Waals surface area contributed by atoms with Gasteiger partial charge in [0.1, 0.15) is 11.6 Å². The van der Waals surface area contributed by atoms with Gasteiger partial charge in [-0.25, -0.2) is 9.97 Å². The van der Waals surface area contributed by atoms with Gasteiger partial charge in [-0.05, 0) is 38.5 Å². The van der Waals surface area contributed by atoms with Crippen LogP contribution in [0.25, 0.3) is 0 Å². The molecule has 23 heavy (non-hydrogen) atoms. The first-order valence-corrected chi connectivity index (χ1v) is 9.17. The summed E-state index contributed by atoms with van der Waals surface area (Å²) >= 11 is 0. The van der Waals surface area contributed by atoms with Crippen LogP contribution >= 0.6 is 0 Å². The number of aryl methyl sites for hydroxylation is 2. The molecule has 0 saturated heterocycles. The van der Waals surface area contributed by atoms with Crippen LogP contribution < -0.4 is 0 Å². The fraction of sp³-hybridized carbons (Fsp3) is 0.684. The topological polar surface area (TPSA) is 35.6 Å². The summed E-state index contributed by atoms with van der Waals surface area (Å²) < 4.78 is 4.66. The van der Waals surface area contributed by atoms with Gasteiger partial charge in [0.05, 0.1) is 0 Å². The SMILES string of the molecule is CCCc1nccn1C(C)CCC(C)Cc1nccn1CCC. The zero-order valence-corrected chi connectivity index (χ0v) is 15.2. The molecule has 128 valence electrons. The molecule has 0 radical (unpaired) electrons. The number of rotatable bonds is 10. The van der Waals surface area contributed by atoms with Crippen molar-refractivity contribution in [2.24, 2.45) is 5.92 Å². The van der Waals surface area contributed by atoms with Gasteiger partial charge in [-0.1, -0.05) is 20.8 Å². The molecule has 0 bridgehead atoms. The zero-order chi connectivity index (χ0) is 16.7. The highest BCUT2D eigenvalue weighted by molar-refractivity contribution is 4.96. The number of imidazole rings is 2. The van der Waals surface area contributed by atoms with Crippen LogP contribution in [-0.2, 0) is 19.4 Å². The van der Waals surface area contributed by atoms with Crippen molar-refractivity contribution in [1.29, 1.82) is 0 Å². The highest BCUT2D eigenvalue weighted by atomic mass is 15.1. The molecule has 0 N–H and O–H groups in total. The second kappa shape index (κ2) is 8.90. The van der Waals surface area contributed by atoms with E-state index in [2.05, 4.69) is 59.2 Å². The summed E-state index contributed by atoms with van der Waals surface area (Å²) in [5.74, 6) is 3.13. The highest BCUT2D eigenvalue weighted by Crippen LogP contribution is 2.21. The van der Waals surface area contributed by atoms with Crippen LogP contribution in [-0.4, -0.2) is 19.1 Å². The molecule has 0 spiro atoms. The standard InChI is InChI=1S/C19H32N4/c1-5-7-18-20-11-14-23(18)17(4)9-8-16(3)15-19-21-10-13-22(19)12-6-2/h10-11,13-14,16-17H,5-9,12,15H2,1-4H3. The molecule has 2 atom stereocenters. The normalized spacial score (nSPS) is 14.1. The molecule has 4 nitrogen and oxygen atoms in total. The lowest BCUT2D eigenvalue weighted by atomic mass is 9.98. The van der Waals surface area contributed by atoms with E-state index in [4.69, 9.17) is 0 Å². The minimum atomic E-state index is 0.525. The van der Waals surface area contributed by atoms with E-state index in [1.165, 1.54) is 24.5 Å². The van der Waals surface area contributed by atoms with Crippen molar-refractivity contribution in [2.75, 3.05) is 0 Å². The Morgan fingerprint density at radius 3 is 2.43 bits per heavy atom. The van der Waals surface area contributed by atoms with Crippen LogP contribution in [0.2, 0.25) is 0 Å². The fourth-order valence-corrected chi connectivity index (χ4v) is 3.22. The quantitative estimate of drug-likeness (QED) is 0.639. The average Bonchev–Trinajstić information content (AvgIpc) is 3.16. The summed E-state index contributed by atoms with van der Waals surface area (Å²) in [6, 6.07) is 0.525. The Bertz CT molecular complexity index is 569. The predicted molar refractivity (Wildman–Crippen MR) is 95.6 cm³/mol. The third kappa shape index (κ3) is 4.95. The monoisotopic (exact) mass is 316 g/mol. The van der Waals surface area contributed by atoms with E-state index < -0.39 is 0 Å². The van der Waals surface area contributed by atoms with Crippen LogP contribution in [0.1, 0.15) is 71.1 Å². The third-order valence-corrected chi connectivity index (χ3v) is 4.57. The van der Waals surface area contributed by atoms with Crippen molar-refractivity contribution in [3.63, 3.8) is 0 Å². The number of hydrogen-bond donors (Lipinski definition) is 0. The summed E-state index contributed by atoms with van der Waals surface area (Å²) in [4.78, 5) is 9.03. The van der Waals surface area contributed by atoms with Crippen molar-refractivity contribution in [3.8, 4) is 0 Å². The first-order valence-electron chi connectivity index (χ1n) is 9.17. The van der Waals surface area contributed by atoms with Crippen LogP contribution in [0.5, 0.6) is 0 Å². The molecule has 2 aromatic rings. The smallest absolute Gasteiger partial charge is 0.108 e. The maximum absolute atomic E-state index is 4.54. The zero-order valence-electron chi connectivity index (χ0n) is 15.2. The van der Waals surface area contributed by atoms with Gasteiger partial charge in [0.25, 0.3) is 0 Å². The van der Waals surface area contributed by atoms with Crippen LogP contribution in [0.4, 0.5) is 0 Å². The van der Waals surface area contributed by atoms with Crippen molar-refractivity contribution < 1.29 is 0 Å². The second-order valence-electron chi connectivity index (χ2n) is 6.77. The van der Waals surface area contributed by atoms with E-state index in [0.29, 0.717) is 12.0 Å². The lowest BCUT2D eigenvalue weighted by Crippen LogP contribution is -2.12. The first-order chi connectivity index (χ1) is 11.2. The summed E-state index contributed by atoms with van der Waals surface area (Å²) in [5.41, 5.74) is 0. The second-order valence-corrected chi connectivity index (χ2v) is 6.77. The van der Waals surface area contributed by atoms with Gasteiger partial charge >= 0.3 is 0 Å². The van der Waals surface area contributed by atoms with Gasteiger partial charge in [-0.3, -0.25) is 0 Å². The van der Waals surface area contributed by atoms with Crippen molar-refractivity contribution in [1.82, 2.24) is 19.1 Å². The van der Waals surface area contributed by atoms with E-state index in [1.54, 1.807) is 0 Å². The molecule has 0 aliphatic heterocycles. The summed E-state index contributed by atoms with van der Waals surface area (Å²) in [6.07, 6.45) is 15.0. The molecule has 0 saturated carbocycles. The van der Waals surface area contributed by atoms with Gasteiger partial charge < -0.3 is 9.13 Å². The average molecular weight is 316 g/mol. The van der Waals surface area contributed by atoms with Gasteiger partial charge in [0, 0.05) is 50.2 Å². The summed E-state index contributed by atoms with van der Waals surface area (Å²) in [6.45, 7) is 10.2. The molecule has 0 aromatic carbocycles. The Kier molecular flexibility index (Phi) is 6.87. The predicted octanol–water partition coefficient (Wildman–Crippen LogP) is 4.66. The van der Waals surface area contributed by atoms with E-state index in [-0.39, 0.29) is 0 Å². The Morgan fingerprint density at radius 2 is 1.70 bits per heavy atom. The van der Waals surface area contributed by atoms with Gasteiger partial charge in [0.2, 0.25) is 0 Å². The highest BCUT2D eigenvalue weighted by Gasteiger charge is 2.13. The molecule has 4 heteroatoms. The first kappa shape index (κ1) is 17.8. The number of hydrogen-bond acceptors (Lipinski definition) is 2. The van der Waals surface area contributed by atoms with E-state index in [9.17, 15) is 0 Å². The molecule has 2 aromatic heterocycles. The van der Waals surface area contributed by atoms with E-state index in [0.717, 1.165) is 32.2 Å².